The van der Waals surface area contributed by atoms with Crippen molar-refractivity contribution in [2.45, 2.75) is 19.1 Å². The lowest BCUT2D eigenvalue weighted by Crippen LogP contribution is -2.44. The number of hydrogen-bond acceptors (Lipinski definition) is 4. The normalized spacial score (nSPS) is 33.4. The van der Waals surface area contributed by atoms with Crippen molar-refractivity contribution in [2.24, 2.45) is 0 Å². The van der Waals surface area contributed by atoms with Crippen LogP contribution in [0.25, 0.3) is 0 Å². The number of ether oxygens (including phenoxy) is 1. The summed E-state index contributed by atoms with van der Waals surface area (Å²) in [6, 6.07) is 0. The van der Waals surface area contributed by atoms with E-state index in [1.807, 2.05) is 0 Å². The fraction of sp³-hybridized carbons (Fsp3) is 1.00. The van der Waals surface area contributed by atoms with Gasteiger partial charge in [-0.25, -0.2) is 4.18 Å². The quantitative estimate of drug-likeness (QED) is 0.585. The van der Waals surface area contributed by atoms with Gasteiger partial charge in [0.25, 0.3) is 0 Å². The molecule has 1 N–H and O–H groups in total. The minimum atomic E-state index is -4.37. The summed E-state index contributed by atoms with van der Waals surface area (Å²) in [6.45, 7) is 1.91. The zero-order valence-corrected chi connectivity index (χ0v) is 6.22. The van der Waals surface area contributed by atoms with Gasteiger partial charge in [-0.2, -0.15) is 8.42 Å². The van der Waals surface area contributed by atoms with Gasteiger partial charge in [-0.1, -0.05) is 0 Å². The molecule has 1 rings (SSSR count). The van der Waals surface area contributed by atoms with Crippen molar-refractivity contribution in [1.82, 2.24) is 0 Å². The minimum absolute atomic E-state index is 0.464. The smallest absolute Gasteiger partial charge is 0.349 e. The van der Waals surface area contributed by atoms with Crippen molar-refractivity contribution in [1.29, 1.82) is 0 Å². The van der Waals surface area contributed by atoms with Gasteiger partial charge in [0, 0.05) is 6.42 Å². The Bertz CT molecular complexity index is 214. The molecule has 0 aromatic heterocycles. The van der Waals surface area contributed by atoms with Crippen LogP contribution in [0.5, 0.6) is 0 Å². The maximum Gasteiger partial charge on any atom is 0.400 e. The Kier molecular flexibility index (Phi) is 1.71. The van der Waals surface area contributed by atoms with Gasteiger partial charge in [0.05, 0.1) is 6.61 Å². The van der Waals surface area contributed by atoms with Gasteiger partial charge in [-0.3, -0.25) is 4.55 Å². The standard InChI is InChI=1S/C4H8O5S/c1-4(2-3-8-4)9-10(5,6)7/h2-3H2,1H3,(H,5,6,7). The zero-order chi connectivity index (χ0) is 7.83. The third-order valence-corrected chi connectivity index (χ3v) is 1.81. The van der Waals surface area contributed by atoms with Crippen molar-refractivity contribution in [3.8, 4) is 0 Å². The van der Waals surface area contributed by atoms with Crippen LogP contribution in [0.15, 0.2) is 0 Å². The van der Waals surface area contributed by atoms with E-state index in [2.05, 4.69) is 4.18 Å². The largest absolute Gasteiger partial charge is 0.400 e. The average Bonchev–Trinajstić information content (AvgIpc) is 1.57. The van der Waals surface area contributed by atoms with Gasteiger partial charge in [0.2, 0.25) is 0 Å². The van der Waals surface area contributed by atoms with E-state index in [1.54, 1.807) is 0 Å². The number of hydrogen-bond donors (Lipinski definition) is 1. The van der Waals surface area contributed by atoms with Gasteiger partial charge in [0.1, 0.15) is 0 Å². The predicted molar refractivity (Wildman–Crippen MR) is 31.6 cm³/mol. The molecule has 0 saturated carbocycles. The summed E-state index contributed by atoms with van der Waals surface area (Å²) >= 11 is 0. The van der Waals surface area contributed by atoms with Crippen LogP contribution in [-0.4, -0.2) is 25.4 Å². The molecule has 0 aromatic rings. The summed E-state index contributed by atoms with van der Waals surface area (Å²) in [4.78, 5) is 0. The van der Waals surface area contributed by atoms with Crippen molar-refractivity contribution in [2.75, 3.05) is 6.61 Å². The van der Waals surface area contributed by atoms with Crippen molar-refractivity contribution in [3.63, 3.8) is 0 Å². The molecule has 0 aromatic carbocycles. The summed E-state index contributed by atoms with van der Waals surface area (Å²) in [6.07, 6.45) is 0.479. The van der Waals surface area contributed by atoms with E-state index in [0.717, 1.165) is 0 Å². The summed E-state index contributed by atoms with van der Waals surface area (Å²) in [5.41, 5.74) is 0. The Balaban J connectivity index is 2.53. The molecule has 1 unspecified atom stereocenters. The predicted octanol–water partition coefficient (Wildman–Crippen LogP) is -0.0577. The van der Waals surface area contributed by atoms with Crippen molar-refractivity contribution in [3.05, 3.63) is 0 Å². The number of rotatable bonds is 2. The van der Waals surface area contributed by atoms with Gasteiger partial charge in [0.15, 0.2) is 5.79 Å². The first-order valence-corrected chi connectivity index (χ1v) is 4.10. The zero-order valence-electron chi connectivity index (χ0n) is 5.40. The molecule has 60 valence electrons. The van der Waals surface area contributed by atoms with Crippen molar-refractivity contribution >= 4 is 10.4 Å². The van der Waals surface area contributed by atoms with Crippen LogP contribution in [-0.2, 0) is 19.3 Å². The molecular formula is C4H8O5S. The van der Waals surface area contributed by atoms with Crippen LogP contribution in [0, 0.1) is 0 Å². The van der Waals surface area contributed by atoms with E-state index < -0.39 is 16.2 Å². The molecule has 0 amide bonds. The molecule has 10 heavy (non-hydrogen) atoms. The van der Waals surface area contributed by atoms with Crippen LogP contribution in [0.2, 0.25) is 0 Å². The highest BCUT2D eigenvalue weighted by atomic mass is 32.3. The first kappa shape index (κ1) is 7.93. The van der Waals surface area contributed by atoms with Crippen LogP contribution in [0.1, 0.15) is 13.3 Å². The lowest BCUT2D eigenvalue weighted by Gasteiger charge is -2.35. The summed E-state index contributed by atoms with van der Waals surface area (Å²) in [7, 11) is -4.37. The first-order valence-electron chi connectivity index (χ1n) is 2.73. The summed E-state index contributed by atoms with van der Waals surface area (Å²) < 4.78 is 37.3. The molecule has 5 nitrogen and oxygen atoms in total. The maximum atomic E-state index is 10.1. The Morgan fingerprint density at radius 3 is 2.30 bits per heavy atom. The molecule has 1 heterocycles. The Hall–Kier alpha value is -0.170. The Morgan fingerprint density at radius 1 is 1.70 bits per heavy atom. The van der Waals surface area contributed by atoms with E-state index in [0.29, 0.717) is 13.0 Å². The van der Waals surface area contributed by atoms with E-state index in [4.69, 9.17) is 9.29 Å². The van der Waals surface area contributed by atoms with Crippen molar-refractivity contribution < 1.29 is 21.9 Å². The molecular weight excluding hydrogens is 160 g/mol. The summed E-state index contributed by atoms with van der Waals surface area (Å²) in [5.74, 6) is -1.13. The molecule has 1 saturated heterocycles. The van der Waals surface area contributed by atoms with Gasteiger partial charge >= 0.3 is 10.4 Å². The highest BCUT2D eigenvalue weighted by molar-refractivity contribution is 7.80. The molecule has 1 aliphatic heterocycles. The third kappa shape index (κ3) is 1.91. The monoisotopic (exact) mass is 168 g/mol. The topological polar surface area (TPSA) is 72.8 Å². The lowest BCUT2D eigenvalue weighted by atomic mass is 10.2. The average molecular weight is 168 g/mol. The lowest BCUT2D eigenvalue weighted by molar-refractivity contribution is -0.251. The minimum Gasteiger partial charge on any atom is -0.349 e. The fourth-order valence-electron chi connectivity index (χ4n) is 0.678. The first-order chi connectivity index (χ1) is 4.41. The Morgan fingerprint density at radius 2 is 2.20 bits per heavy atom. The fourth-order valence-corrected chi connectivity index (χ4v) is 1.25. The van der Waals surface area contributed by atoms with E-state index in [-0.39, 0.29) is 0 Å². The van der Waals surface area contributed by atoms with Crippen LogP contribution >= 0.6 is 0 Å². The second-order valence-electron chi connectivity index (χ2n) is 2.24. The molecule has 0 aliphatic carbocycles. The van der Waals surface area contributed by atoms with Crippen LogP contribution in [0.3, 0.4) is 0 Å². The Labute approximate surface area is 58.9 Å². The highest BCUT2D eigenvalue weighted by Crippen LogP contribution is 2.28. The second-order valence-corrected chi connectivity index (χ2v) is 3.27. The maximum absolute atomic E-state index is 10.1. The molecule has 6 heteroatoms. The SMILES string of the molecule is CC1(OS(=O)(=O)O)CCO1. The molecule has 1 aliphatic rings. The van der Waals surface area contributed by atoms with E-state index in [9.17, 15) is 8.42 Å². The second kappa shape index (κ2) is 2.16. The van der Waals surface area contributed by atoms with Gasteiger partial charge < -0.3 is 4.74 Å². The van der Waals surface area contributed by atoms with E-state index in [1.165, 1.54) is 6.92 Å². The third-order valence-electron chi connectivity index (χ3n) is 1.25. The van der Waals surface area contributed by atoms with Gasteiger partial charge in [-0.15, -0.1) is 0 Å². The molecule has 0 spiro atoms. The molecule has 0 radical (unpaired) electrons. The van der Waals surface area contributed by atoms with E-state index >= 15 is 0 Å². The van der Waals surface area contributed by atoms with Gasteiger partial charge in [-0.05, 0) is 6.92 Å². The highest BCUT2D eigenvalue weighted by Gasteiger charge is 2.38. The summed E-state index contributed by atoms with van der Waals surface area (Å²) in [5, 5.41) is 0. The molecule has 0 bridgehead atoms. The van der Waals surface area contributed by atoms with Crippen LogP contribution < -0.4 is 0 Å². The molecule has 1 atom stereocenters. The molecule has 1 fully saturated rings. The van der Waals surface area contributed by atoms with Crippen LogP contribution in [0.4, 0.5) is 0 Å².